The number of esters is 1. The van der Waals surface area contributed by atoms with Gasteiger partial charge in [0, 0.05) is 17.0 Å². The van der Waals surface area contributed by atoms with Crippen LogP contribution in [-0.2, 0) is 9.47 Å². The molecular formula is C15H18BNO6. The fourth-order valence-electron chi connectivity index (χ4n) is 2.17. The largest absolute Gasteiger partial charge is 0.490 e. The average molecular weight is 319 g/mol. The van der Waals surface area contributed by atoms with Crippen molar-refractivity contribution in [1.29, 1.82) is 0 Å². The third kappa shape index (κ3) is 3.54. The third-order valence-electron chi connectivity index (χ3n) is 3.12. The number of hydrogen-bond donors (Lipinski definition) is 2. The Morgan fingerprint density at radius 3 is 2.39 bits per heavy atom. The van der Waals surface area contributed by atoms with Crippen LogP contribution in [0.4, 0.5) is 4.79 Å². The summed E-state index contributed by atoms with van der Waals surface area (Å²) in [4.78, 5) is 23.9. The van der Waals surface area contributed by atoms with E-state index in [1.165, 1.54) is 36.1 Å². The molecule has 0 aliphatic heterocycles. The summed E-state index contributed by atoms with van der Waals surface area (Å²) in [6, 6.07) is 4.46. The van der Waals surface area contributed by atoms with Crippen molar-refractivity contribution < 1.29 is 29.1 Å². The first kappa shape index (κ1) is 17.0. The molecule has 23 heavy (non-hydrogen) atoms. The minimum absolute atomic E-state index is 0.0941. The molecule has 0 spiro atoms. The molecule has 1 heterocycles. The van der Waals surface area contributed by atoms with Crippen LogP contribution in [0, 0.1) is 0 Å². The lowest BCUT2D eigenvalue weighted by Crippen LogP contribution is -2.30. The first-order chi connectivity index (χ1) is 10.6. The molecule has 0 amide bonds. The molecular weight excluding hydrogens is 301 g/mol. The van der Waals surface area contributed by atoms with Gasteiger partial charge in [0.25, 0.3) is 0 Å². The Morgan fingerprint density at radius 1 is 1.22 bits per heavy atom. The van der Waals surface area contributed by atoms with Crippen LogP contribution < -0.4 is 5.46 Å². The van der Waals surface area contributed by atoms with E-state index in [9.17, 15) is 19.6 Å². The Labute approximate surface area is 133 Å². The van der Waals surface area contributed by atoms with Crippen LogP contribution in [-0.4, -0.2) is 46.5 Å². The van der Waals surface area contributed by atoms with Gasteiger partial charge >= 0.3 is 19.2 Å². The number of hydrogen-bond acceptors (Lipinski definition) is 6. The van der Waals surface area contributed by atoms with E-state index in [1.807, 2.05) is 0 Å². The summed E-state index contributed by atoms with van der Waals surface area (Å²) in [6.07, 6.45) is 0.630. The van der Waals surface area contributed by atoms with Crippen LogP contribution in [0.1, 0.15) is 31.1 Å². The van der Waals surface area contributed by atoms with Gasteiger partial charge in [0.05, 0.1) is 18.2 Å². The van der Waals surface area contributed by atoms with Crippen LogP contribution in [0.15, 0.2) is 24.4 Å². The predicted molar refractivity (Wildman–Crippen MR) is 84.7 cm³/mol. The quantitative estimate of drug-likeness (QED) is 0.630. The van der Waals surface area contributed by atoms with Crippen molar-refractivity contribution in [1.82, 2.24) is 4.57 Å². The lowest BCUT2D eigenvalue weighted by molar-refractivity contribution is 0.0543. The van der Waals surface area contributed by atoms with Crippen molar-refractivity contribution in [2.24, 2.45) is 0 Å². The van der Waals surface area contributed by atoms with Gasteiger partial charge in [-0.15, -0.1) is 0 Å². The standard InChI is InChI=1S/C15H18BNO6/c1-15(2,3)23-14(19)17-8-11(16(20)21)10-7-9(13(18)22-4)5-6-12(10)17/h5-8,20-21H,1-4H3. The molecule has 0 aliphatic carbocycles. The van der Waals surface area contributed by atoms with Crippen molar-refractivity contribution in [3.63, 3.8) is 0 Å². The molecule has 0 unspecified atom stereocenters. The zero-order chi connectivity index (χ0) is 17.4. The Balaban J connectivity index is 2.59. The number of rotatable bonds is 2. The molecule has 0 radical (unpaired) electrons. The second-order valence-corrected chi connectivity index (χ2v) is 6.03. The zero-order valence-corrected chi connectivity index (χ0v) is 13.4. The number of methoxy groups -OCH3 is 1. The fraction of sp³-hybridized carbons (Fsp3) is 0.333. The second-order valence-electron chi connectivity index (χ2n) is 6.03. The first-order valence-electron chi connectivity index (χ1n) is 6.97. The van der Waals surface area contributed by atoms with E-state index in [0.29, 0.717) is 10.9 Å². The number of ether oxygens (including phenoxy) is 2. The van der Waals surface area contributed by atoms with Crippen LogP contribution in [0.2, 0.25) is 0 Å². The lowest BCUT2D eigenvalue weighted by Gasteiger charge is -2.19. The topological polar surface area (TPSA) is 98.0 Å². The first-order valence-corrected chi connectivity index (χ1v) is 6.97. The maximum atomic E-state index is 12.3. The van der Waals surface area contributed by atoms with E-state index in [2.05, 4.69) is 4.74 Å². The summed E-state index contributed by atoms with van der Waals surface area (Å²) in [5.41, 5.74) is 0.0351. The number of fused-ring (bicyclic) bond motifs is 1. The maximum Gasteiger partial charge on any atom is 0.490 e. The maximum absolute atomic E-state index is 12.3. The van der Waals surface area contributed by atoms with Crippen molar-refractivity contribution in [2.45, 2.75) is 26.4 Å². The number of carbonyl (C=O) groups is 2. The van der Waals surface area contributed by atoms with Gasteiger partial charge in [-0.3, -0.25) is 4.57 Å². The molecule has 1 aromatic carbocycles. The molecule has 122 valence electrons. The fourth-order valence-corrected chi connectivity index (χ4v) is 2.17. The number of nitrogens with zero attached hydrogens (tertiary/aromatic N) is 1. The minimum Gasteiger partial charge on any atom is -0.465 e. The summed E-state index contributed by atoms with van der Waals surface area (Å²) >= 11 is 0. The Bertz CT molecular complexity index is 759. The molecule has 0 atom stereocenters. The Hall–Kier alpha value is -2.32. The van der Waals surface area contributed by atoms with Crippen LogP contribution >= 0.6 is 0 Å². The predicted octanol–water partition coefficient (Wildman–Crippen LogP) is 0.891. The molecule has 1 aromatic heterocycles. The van der Waals surface area contributed by atoms with Gasteiger partial charge in [-0.2, -0.15) is 0 Å². The minimum atomic E-state index is -1.80. The SMILES string of the molecule is COC(=O)c1ccc2c(c1)c(B(O)O)cn2C(=O)OC(C)(C)C. The second kappa shape index (κ2) is 6.06. The monoisotopic (exact) mass is 319 g/mol. The van der Waals surface area contributed by atoms with E-state index in [1.54, 1.807) is 20.8 Å². The van der Waals surface area contributed by atoms with E-state index < -0.39 is 24.8 Å². The molecule has 0 aliphatic rings. The molecule has 7 nitrogen and oxygen atoms in total. The van der Waals surface area contributed by atoms with Crippen molar-refractivity contribution in [2.75, 3.05) is 7.11 Å². The average Bonchev–Trinajstić information content (AvgIpc) is 2.83. The normalized spacial score (nSPS) is 11.4. The smallest absolute Gasteiger partial charge is 0.465 e. The summed E-state index contributed by atoms with van der Waals surface area (Å²) < 4.78 is 11.1. The van der Waals surface area contributed by atoms with Crippen LogP contribution in [0.25, 0.3) is 10.9 Å². The van der Waals surface area contributed by atoms with Gasteiger partial charge < -0.3 is 19.5 Å². The van der Waals surface area contributed by atoms with Gasteiger partial charge in [-0.1, -0.05) is 0 Å². The summed E-state index contributed by atoms with van der Waals surface area (Å²) in [6.45, 7) is 5.19. The van der Waals surface area contributed by atoms with Crippen molar-refractivity contribution in [3.8, 4) is 0 Å². The van der Waals surface area contributed by atoms with E-state index >= 15 is 0 Å². The molecule has 0 fully saturated rings. The van der Waals surface area contributed by atoms with Crippen molar-refractivity contribution in [3.05, 3.63) is 30.0 Å². The van der Waals surface area contributed by atoms with Gasteiger partial charge in [0.2, 0.25) is 0 Å². The highest BCUT2D eigenvalue weighted by Crippen LogP contribution is 2.19. The van der Waals surface area contributed by atoms with E-state index in [-0.39, 0.29) is 11.0 Å². The van der Waals surface area contributed by atoms with Gasteiger partial charge in [0.1, 0.15) is 5.60 Å². The van der Waals surface area contributed by atoms with Crippen molar-refractivity contribution >= 4 is 35.5 Å². The van der Waals surface area contributed by atoms with Gasteiger partial charge in [-0.05, 0) is 39.0 Å². The summed E-state index contributed by atoms with van der Waals surface area (Å²) in [7, 11) is -0.547. The zero-order valence-electron chi connectivity index (χ0n) is 13.4. The highest BCUT2D eigenvalue weighted by molar-refractivity contribution is 6.62. The van der Waals surface area contributed by atoms with Gasteiger partial charge in [-0.25, -0.2) is 9.59 Å². The number of aromatic nitrogens is 1. The summed E-state index contributed by atoms with van der Waals surface area (Å²) in [5, 5.41) is 19.4. The molecule has 2 aromatic rings. The molecule has 2 N–H and O–H groups in total. The van der Waals surface area contributed by atoms with Crippen LogP contribution in [0.5, 0.6) is 0 Å². The highest BCUT2D eigenvalue weighted by atomic mass is 16.6. The number of carbonyl (C=O) groups excluding carboxylic acids is 2. The van der Waals surface area contributed by atoms with Gasteiger partial charge in [0.15, 0.2) is 0 Å². The Kier molecular flexibility index (Phi) is 4.49. The third-order valence-corrected chi connectivity index (χ3v) is 3.12. The van der Waals surface area contributed by atoms with E-state index in [0.717, 1.165) is 0 Å². The molecule has 0 bridgehead atoms. The Morgan fingerprint density at radius 2 is 1.87 bits per heavy atom. The molecule has 8 heteroatoms. The molecule has 2 rings (SSSR count). The summed E-state index contributed by atoms with van der Waals surface area (Å²) in [5.74, 6) is -0.560. The van der Waals surface area contributed by atoms with Crippen LogP contribution in [0.3, 0.4) is 0 Å². The lowest BCUT2D eigenvalue weighted by atomic mass is 9.80. The number of benzene rings is 1. The van der Waals surface area contributed by atoms with E-state index in [4.69, 9.17) is 4.74 Å². The molecule has 0 saturated carbocycles. The highest BCUT2D eigenvalue weighted by Gasteiger charge is 2.25. The molecule has 0 saturated heterocycles.